The van der Waals surface area contributed by atoms with Gasteiger partial charge in [0.25, 0.3) is 0 Å². The quantitative estimate of drug-likeness (QED) is 0.167. The van der Waals surface area contributed by atoms with Crippen molar-refractivity contribution in [1.29, 1.82) is 0 Å². The molecule has 0 atom stereocenters. The molecule has 8 aromatic carbocycles. The van der Waals surface area contributed by atoms with Crippen LogP contribution in [-0.4, -0.2) is 19.9 Å². The SMILES string of the molecule is c1ccc(-c2nc3c(-c4cccc(-c5cccc(-c6nc(-c7ccc8c(c7)oc7ccccc78)nc(-c7ccc8c(c7)oc7ccccc78)n6)c5)c4)cccc3s2)cc1. The summed E-state index contributed by atoms with van der Waals surface area (Å²) in [6, 6.07) is 62.4. The van der Waals surface area contributed by atoms with Gasteiger partial charge >= 0.3 is 0 Å². The zero-order chi connectivity index (χ0) is 38.9. The third-order valence-corrected chi connectivity index (χ3v) is 12.0. The fraction of sp³-hybridized carbons (Fsp3) is 0. The lowest BCUT2D eigenvalue weighted by molar-refractivity contribution is 0.668. The maximum Gasteiger partial charge on any atom is 0.164 e. The van der Waals surface area contributed by atoms with Gasteiger partial charge in [0.15, 0.2) is 17.5 Å². The first-order valence-electron chi connectivity index (χ1n) is 19.4. The van der Waals surface area contributed by atoms with Crippen molar-refractivity contribution in [2.75, 3.05) is 0 Å². The number of hydrogen-bond acceptors (Lipinski definition) is 7. The van der Waals surface area contributed by atoms with Crippen molar-refractivity contribution in [1.82, 2.24) is 19.9 Å². The third kappa shape index (κ3) is 5.78. The number of aromatic nitrogens is 4. The Balaban J connectivity index is 0.971. The first-order chi connectivity index (χ1) is 29.2. The van der Waals surface area contributed by atoms with Crippen LogP contribution in [0.5, 0.6) is 0 Å². The standard InChI is InChI=1S/C52H30N4O2S/c1-2-11-31(12-3-1)52-53-48-38(19-10-22-47(48)59-52)34-15-8-13-32(27-34)33-14-9-16-35(28-33)49-54-50(36-23-25-41-39-17-4-6-20-43(39)57-45(41)29-36)56-51(55-49)37-24-26-42-40-18-5-7-21-44(40)58-46(42)30-37/h1-30H. The monoisotopic (exact) mass is 774 g/mol. The van der Waals surface area contributed by atoms with Gasteiger partial charge in [-0.25, -0.2) is 19.9 Å². The fourth-order valence-corrected chi connectivity index (χ4v) is 9.08. The van der Waals surface area contributed by atoms with E-state index in [1.165, 1.54) is 0 Å². The first kappa shape index (κ1) is 33.4. The Labute approximate surface area is 341 Å². The van der Waals surface area contributed by atoms with Crippen LogP contribution in [0.4, 0.5) is 0 Å². The molecule has 12 rings (SSSR count). The lowest BCUT2D eigenvalue weighted by Gasteiger charge is -2.11. The Hall–Kier alpha value is -7.74. The Bertz CT molecular complexity index is 3450. The van der Waals surface area contributed by atoms with Crippen molar-refractivity contribution in [3.8, 4) is 67.0 Å². The Morgan fingerprint density at radius 3 is 1.42 bits per heavy atom. The highest BCUT2D eigenvalue weighted by Crippen LogP contribution is 2.38. The van der Waals surface area contributed by atoms with Crippen molar-refractivity contribution >= 4 is 65.4 Å². The smallest absolute Gasteiger partial charge is 0.164 e. The molecule has 0 bridgehead atoms. The number of thiazole rings is 1. The highest BCUT2D eigenvalue weighted by atomic mass is 32.1. The van der Waals surface area contributed by atoms with Gasteiger partial charge in [-0.15, -0.1) is 11.3 Å². The third-order valence-electron chi connectivity index (χ3n) is 11.0. The molecule has 0 radical (unpaired) electrons. The van der Waals surface area contributed by atoms with Gasteiger partial charge in [0.2, 0.25) is 0 Å². The van der Waals surface area contributed by atoms with Crippen molar-refractivity contribution in [3.63, 3.8) is 0 Å². The second-order valence-corrected chi connectivity index (χ2v) is 15.7. The molecule has 0 amide bonds. The number of para-hydroxylation sites is 3. The Morgan fingerprint density at radius 2 is 0.797 bits per heavy atom. The number of fused-ring (bicyclic) bond motifs is 7. The van der Waals surface area contributed by atoms with Crippen LogP contribution in [0.25, 0.3) is 121 Å². The second kappa shape index (κ2) is 13.4. The van der Waals surface area contributed by atoms with Crippen LogP contribution < -0.4 is 0 Å². The van der Waals surface area contributed by atoms with Gasteiger partial charge < -0.3 is 8.83 Å². The van der Waals surface area contributed by atoms with E-state index in [4.69, 9.17) is 28.8 Å². The molecule has 59 heavy (non-hydrogen) atoms. The number of hydrogen-bond donors (Lipinski definition) is 0. The second-order valence-electron chi connectivity index (χ2n) is 14.6. The highest BCUT2D eigenvalue weighted by Gasteiger charge is 2.18. The zero-order valence-corrected chi connectivity index (χ0v) is 32.2. The molecule has 0 saturated heterocycles. The van der Waals surface area contributed by atoms with Gasteiger partial charge in [-0.3, -0.25) is 0 Å². The van der Waals surface area contributed by atoms with Crippen molar-refractivity contribution in [2.45, 2.75) is 0 Å². The predicted octanol–water partition coefficient (Wildman–Crippen LogP) is 14.3. The summed E-state index contributed by atoms with van der Waals surface area (Å²) < 4.78 is 13.7. The summed E-state index contributed by atoms with van der Waals surface area (Å²) in [4.78, 5) is 20.5. The molecule has 0 aliphatic rings. The van der Waals surface area contributed by atoms with E-state index in [9.17, 15) is 0 Å². The predicted molar refractivity (Wildman–Crippen MR) is 240 cm³/mol. The van der Waals surface area contributed by atoms with Gasteiger partial charge in [0.05, 0.1) is 10.2 Å². The highest BCUT2D eigenvalue weighted by molar-refractivity contribution is 7.21. The van der Waals surface area contributed by atoms with Gasteiger partial charge in [0.1, 0.15) is 27.3 Å². The van der Waals surface area contributed by atoms with Crippen LogP contribution in [0.3, 0.4) is 0 Å². The van der Waals surface area contributed by atoms with Crippen LogP contribution in [0, 0.1) is 0 Å². The number of benzene rings is 8. The average Bonchev–Trinajstić information content (AvgIpc) is 4.02. The molecule has 6 nitrogen and oxygen atoms in total. The number of rotatable bonds is 6. The molecule has 0 spiro atoms. The van der Waals surface area contributed by atoms with Crippen LogP contribution in [-0.2, 0) is 0 Å². The zero-order valence-electron chi connectivity index (χ0n) is 31.3. The maximum atomic E-state index is 6.29. The van der Waals surface area contributed by atoms with E-state index in [1.54, 1.807) is 11.3 Å². The summed E-state index contributed by atoms with van der Waals surface area (Å²) in [7, 11) is 0. The van der Waals surface area contributed by atoms with Gasteiger partial charge in [-0.05, 0) is 71.3 Å². The summed E-state index contributed by atoms with van der Waals surface area (Å²) >= 11 is 1.72. The molecule has 276 valence electrons. The van der Waals surface area contributed by atoms with Crippen LogP contribution in [0.1, 0.15) is 0 Å². The van der Waals surface area contributed by atoms with Crippen molar-refractivity contribution in [3.05, 3.63) is 182 Å². The van der Waals surface area contributed by atoms with E-state index >= 15 is 0 Å². The van der Waals surface area contributed by atoms with E-state index in [0.29, 0.717) is 17.5 Å². The molecule has 4 aromatic heterocycles. The van der Waals surface area contributed by atoms with E-state index in [1.807, 2.05) is 54.6 Å². The minimum absolute atomic E-state index is 0.552. The van der Waals surface area contributed by atoms with Gasteiger partial charge in [-0.2, -0.15) is 0 Å². The summed E-state index contributed by atoms with van der Waals surface area (Å²) in [6.45, 7) is 0. The molecule has 0 aliphatic heterocycles. The molecular weight excluding hydrogens is 745 g/mol. The molecule has 0 unspecified atom stereocenters. The molecule has 4 heterocycles. The van der Waals surface area contributed by atoms with Crippen LogP contribution in [0.2, 0.25) is 0 Å². The van der Waals surface area contributed by atoms with E-state index in [2.05, 4.69) is 127 Å². The summed E-state index contributed by atoms with van der Waals surface area (Å²) in [5.41, 5.74) is 12.3. The van der Waals surface area contributed by atoms with Gasteiger partial charge in [-0.1, -0.05) is 127 Å². The fourth-order valence-electron chi connectivity index (χ4n) is 8.08. The molecule has 7 heteroatoms. The molecule has 0 aliphatic carbocycles. The number of furan rings is 2. The molecule has 0 N–H and O–H groups in total. The molecule has 0 fully saturated rings. The topological polar surface area (TPSA) is 77.8 Å². The Morgan fingerprint density at radius 1 is 0.322 bits per heavy atom. The van der Waals surface area contributed by atoms with E-state index in [-0.39, 0.29) is 0 Å². The average molecular weight is 775 g/mol. The molecule has 12 aromatic rings. The minimum atomic E-state index is 0.552. The van der Waals surface area contributed by atoms with Crippen molar-refractivity contribution in [2.24, 2.45) is 0 Å². The van der Waals surface area contributed by atoms with E-state index in [0.717, 1.165) is 104 Å². The lowest BCUT2D eigenvalue weighted by atomic mass is 9.97. The Kier molecular flexibility index (Phi) is 7.61. The molecule has 0 saturated carbocycles. The normalized spacial score (nSPS) is 11.7. The summed E-state index contributed by atoms with van der Waals surface area (Å²) in [6.07, 6.45) is 0. The largest absolute Gasteiger partial charge is 0.456 e. The van der Waals surface area contributed by atoms with Gasteiger partial charge in [0, 0.05) is 49.4 Å². The maximum absolute atomic E-state index is 6.29. The van der Waals surface area contributed by atoms with Crippen LogP contribution >= 0.6 is 11.3 Å². The summed E-state index contributed by atoms with van der Waals surface area (Å²) in [5.74, 6) is 1.67. The van der Waals surface area contributed by atoms with Crippen LogP contribution in [0.15, 0.2) is 191 Å². The lowest BCUT2D eigenvalue weighted by Crippen LogP contribution is -2.00. The molecular formula is C52H30N4O2S. The summed E-state index contributed by atoms with van der Waals surface area (Å²) in [5, 5.41) is 5.26. The number of nitrogens with zero attached hydrogens (tertiary/aromatic N) is 4. The minimum Gasteiger partial charge on any atom is -0.456 e. The first-order valence-corrected chi connectivity index (χ1v) is 20.3. The van der Waals surface area contributed by atoms with Crippen molar-refractivity contribution < 1.29 is 8.83 Å². The van der Waals surface area contributed by atoms with E-state index < -0.39 is 0 Å².